The standard InChI is InChI=1S/C41H51N3O5/c1-5-42(17-11-16-36(45)48-6-2)33-25-34(46-3)30(24-35(33)47-4)37-31-22-26-12-7-18-43-20-9-14-28(38(26)43)40(31)49-41-29-15-10-21-44-19-8-13-27(39(29)44)23-32(37)41/h22-25,38H,5-21H2,1-4H3. The first-order valence-electron chi connectivity index (χ1n) is 18.8. The van der Waals surface area contributed by atoms with Crippen molar-refractivity contribution in [2.24, 2.45) is 0 Å². The number of hydrogen-bond donors (Lipinski definition) is 0. The van der Waals surface area contributed by atoms with Gasteiger partial charge in [0.25, 0.3) is 0 Å². The largest absolute Gasteiger partial charge is 0.496 e. The van der Waals surface area contributed by atoms with Gasteiger partial charge in [0.2, 0.25) is 0 Å². The van der Waals surface area contributed by atoms with Crippen LogP contribution in [0.25, 0.3) is 5.57 Å². The van der Waals surface area contributed by atoms with Crippen LogP contribution in [-0.4, -0.2) is 77.0 Å². The first-order valence-corrected chi connectivity index (χ1v) is 18.8. The molecule has 8 nitrogen and oxygen atoms in total. The Morgan fingerprint density at radius 3 is 2.47 bits per heavy atom. The number of rotatable bonds is 10. The fourth-order valence-electron chi connectivity index (χ4n) is 9.49. The zero-order valence-electron chi connectivity index (χ0n) is 29.8. The van der Waals surface area contributed by atoms with Crippen molar-refractivity contribution in [1.29, 1.82) is 0 Å². The molecule has 0 bridgehead atoms. The summed E-state index contributed by atoms with van der Waals surface area (Å²) in [6, 6.07) is 7.14. The van der Waals surface area contributed by atoms with Crippen molar-refractivity contribution in [3.05, 3.63) is 69.0 Å². The lowest BCUT2D eigenvalue weighted by Gasteiger charge is -2.47. The van der Waals surface area contributed by atoms with Crippen molar-refractivity contribution in [1.82, 2.24) is 4.90 Å². The quantitative estimate of drug-likeness (QED) is 0.247. The van der Waals surface area contributed by atoms with Gasteiger partial charge < -0.3 is 28.7 Å². The molecule has 2 saturated heterocycles. The van der Waals surface area contributed by atoms with Crippen LogP contribution in [0.15, 0.2) is 46.8 Å². The van der Waals surface area contributed by atoms with Crippen LogP contribution < -0.4 is 24.0 Å². The molecule has 1 unspecified atom stereocenters. The lowest BCUT2D eigenvalue weighted by atomic mass is 9.74. The zero-order chi connectivity index (χ0) is 33.6. The summed E-state index contributed by atoms with van der Waals surface area (Å²) in [7, 11) is 3.53. The summed E-state index contributed by atoms with van der Waals surface area (Å²) in [5.41, 5.74) is 12.8. The number of carbonyl (C=O) groups excluding carboxylic acids is 1. The van der Waals surface area contributed by atoms with Gasteiger partial charge in [-0.1, -0.05) is 0 Å². The first kappa shape index (κ1) is 32.3. The second kappa shape index (κ2) is 13.4. The van der Waals surface area contributed by atoms with Gasteiger partial charge in [0, 0.05) is 72.2 Å². The van der Waals surface area contributed by atoms with E-state index in [-0.39, 0.29) is 5.97 Å². The van der Waals surface area contributed by atoms with Crippen LogP contribution in [0, 0.1) is 0 Å². The molecule has 0 spiro atoms. The van der Waals surface area contributed by atoms with Crippen molar-refractivity contribution in [3.8, 4) is 17.2 Å². The van der Waals surface area contributed by atoms with Gasteiger partial charge in [-0.15, -0.1) is 0 Å². The van der Waals surface area contributed by atoms with E-state index < -0.39 is 0 Å². The smallest absolute Gasteiger partial charge is 0.305 e. The molecule has 2 aromatic rings. The highest BCUT2D eigenvalue weighted by Gasteiger charge is 2.42. The number of fused-ring (bicyclic) bond motifs is 3. The molecule has 1 aliphatic carbocycles. The summed E-state index contributed by atoms with van der Waals surface area (Å²) in [5, 5.41) is 0. The maximum atomic E-state index is 12.1. The number of benzene rings is 2. The van der Waals surface area contributed by atoms with E-state index in [4.69, 9.17) is 18.9 Å². The van der Waals surface area contributed by atoms with E-state index in [2.05, 4.69) is 45.9 Å². The molecule has 0 aromatic heterocycles. The fraction of sp³-hybridized carbons (Fsp3) is 0.537. The van der Waals surface area contributed by atoms with E-state index in [0.717, 1.165) is 99.1 Å². The highest BCUT2D eigenvalue weighted by atomic mass is 16.5. The average molecular weight is 666 g/mol. The first-order chi connectivity index (χ1) is 24.0. The van der Waals surface area contributed by atoms with Crippen molar-refractivity contribution in [3.63, 3.8) is 0 Å². The maximum Gasteiger partial charge on any atom is 0.305 e. The molecule has 0 radical (unpaired) electrons. The molecule has 8 heteroatoms. The van der Waals surface area contributed by atoms with Gasteiger partial charge in [0.1, 0.15) is 23.0 Å². The minimum absolute atomic E-state index is 0.151. The van der Waals surface area contributed by atoms with Gasteiger partial charge in [-0.25, -0.2) is 0 Å². The fourth-order valence-corrected chi connectivity index (χ4v) is 9.49. The van der Waals surface area contributed by atoms with Crippen LogP contribution in [0.1, 0.15) is 87.5 Å². The molecule has 1 atom stereocenters. The zero-order valence-corrected chi connectivity index (χ0v) is 29.8. The molecular weight excluding hydrogens is 614 g/mol. The van der Waals surface area contributed by atoms with Gasteiger partial charge in [-0.05, 0) is 120 Å². The van der Waals surface area contributed by atoms with E-state index in [1.807, 2.05) is 6.92 Å². The van der Waals surface area contributed by atoms with Crippen LogP contribution in [0.2, 0.25) is 0 Å². The Hall–Kier alpha value is -3.91. The SMILES string of the molecule is CCOC(=O)CCCN(CC)c1cc(OC)c(C2=C3C=C4CCCN5CCCC(=C3Oc3c2cc2c6c3CCCN6CCC2)C45)cc1OC. The summed E-state index contributed by atoms with van der Waals surface area (Å²) >= 11 is 0. The molecule has 0 saturated carbocycles. The van der Waals surface area contributed by atoms with Crippen molar-refractivity contribution in [2.75, 3.05) is 69.9 Å². The van der Waals surface area contributed by atoms with Gasteiger partial charge in [0.15, 0.2) is 0 Å². The van der Waals surface area contributed by atoms with Crippen LogP contribution in [0.3, 0.4) is 0 Å². The summed E-state index contributed by atoms with van der Waals surface area (Å²) in [6.45, 7) is 10.5. The minimum Gasteiger partial charge on any atom is -0.496 e. The Balaban J connectivity index is 1.32. The number of anilines is 2. The Bertz CT molecular complexity index is 1750. The third kappa shape index (κ3) is 5.51. The Morgan fingerprint density at radius 1 is 0.918 bits per heavy atom. The van der Waals surface area contributed by atoms with E-state index in [0.29, 0.717) is 32.0 Å². The molecule has 5 heterocycles. The number of aryl methyl sites for hydroxylation is 1. The van der Waals surface area contributed by atoms with Gasteiger partial charge in [-0.3, -0.25) is 9.69 Å². The second-order valence-corrected chi connectivity index (χ2v) is 14.3. The summed E-state index contributed by atoms with van der Waals surface area (Å²) in [6.07, 6.45) is 12.6. The van der Waals surface area contributed by atoms with Crippen LogP contribution in [0.4, 0.5) is 11.4 Å². The molecule has 0 N–H and O–H groups in total. The Kier molecular flexibility index (Phi) is 8.85. The molecule has 0 amide bonds. The van der Waals surface area contributed by atoms with Crippen molar-refractivity contribution in [2.45, 2.75) is 84.1 Å². The molecule has 49 heavy (non-hydrogen) atoms. The van der Waals surface area contributed by atoms with Crippen LogP contribution >= 0.6 is 0 Å². The van der Waals surface area contributed by atoms with Crippen molar-refractivity contribution < 1.29 is 23.7 Å². The predicted octanol–water partition coefficient (Wildman–Crippen LogP) is 7.22. The van der Waals surface area contributed by atoms with E-state index in [1.54, 1.807) is 14.2 Å². The highest BCUT2D eigenvalue weighted by molar-refractivity contribution is 5.96. The van der Waals surface area contributed by atoms with E-state index in [1.165, 1.54) is 63.9 Å². The number of esters is 1. The number of ether oxygens (including phenoxy) is 4. The molecule has 8 rings (SSSR count). The van der Waals surface area contributed by atoms with Crippen LogP contribution in [-0.2, 0) is 22.4 Å². The maximum absolute atomic E-state index is 12.1. The van der Waals surface area contributed by atoms with Crippen LogP contribution in [0.5, 0.6) is 17.2 Å². The number of carbonyl (C=O) groups is 1. The average Bonchev–Trinajstić information content (AvgIpc) is 3.13. The minimum atomic E-state index is -0.151. The molecular formula is C41H51N3O5. The number of hydrogen-bond acceptors (Lipinski definition) is 8. The molecule has 5 aliphatic heterocycles. The molecule has 260 valence electrons. The monoisotopic (exact) mass is 665 g/mol. The highest BCUT2D eigenvalue weighted by Crippen LogP contribution is 2.55. The molecule has 2 fully saturated rings. The summed E-state index contributed by atoms with van der Waals surface area (Å²) in [5.74, 6) is 3.60. The lowest BCUT2D eigenvalue weighted by molar-refractivity contribution is -0.143. The number of methoxy groups -OCH3 is 2. The normalized spacial score (nSPS) is 20.8. The van der Waals surface area contributed by atoms with E-state index in [9.17, 15) is 4.79 Å². The molecule has 2 aromatic carbocycles. The number of nitrogens with zero attached hydrogens (tertiary/aromatic N) is 3. The number of allylic oxidation sites excluding steroid dienone is 1. The van der Waals surface area contributed by atoms with Crippen molar-refractivity contribution >= 4 is 22.9 Å². The Labute approximate surface area is 291 Å². The molecule has 6 aliphatic rings. The topological polar surface area (TPSA) is 63.7 Å². The Morgan fingerprint density at radius 2 is 1.69 bits per heavy atom. The third-order valence-electron chi connectivity index (χ3n) is 11.5. The summed E-state index contributed by atoms with van der Waals surface area (Å²) in [4.78, 5) is 19.7. The van der Waals surface area contributed by atoms with Gasteiger partial charge in [-0.2, -0.15) is 0 Å². The van der Waals surface area contributed by atoms with Gasteiger partial charge >= 0.3 is 5.97 Å². The predicted molar refractivity (Wildman–Crippen MR) is 194 cm³/mol. The van der Waals surface area contributed by atoms with Gasteiger partial charge in [0.05, 0.1) is 32.6 Å². The lowest BCUT2D eigenvalue weighted by Crippen LogP contribution is -2.47. The third-order valence-corrected chi connectivity index (χ3v) is 11.5. The number of piperidine rings is 2. The summed E-state index contributed by atoms with van der Waals surface area (Å²) < 4.78 is 25.0. The second-order valence-electron chi connectivity index (χ2n) is 14.3. The van der Waals surface area contributed by atoms with E-state index >= 15 is 0 Å².